The second kappa shape index (κ2) is 8.54. The van der Waals surface area contributed by atoms with Crippen LogP contribution in [0.4, 0.5) is 9.93 Å². The van der Waals surface area contributed by atoms with Crippen LogP contribution in [-0.2, 0) is 22.5 Å². The lowest BCUT2D eigenvalue weighted by Crippen LogP contribution is -2.39. The van der Waals surface area contributed by atoms with Gasteiger partial charge in [-0.15, -0.1) is 0 Å². The van der Waals surface area contributed by atoms with E-state index in [9.17, 15) is 14.4 Å². The molecule has 2 aromatic rings. The summed E-state index contributed by atoms with van der Waals surface area (Å²) in [6.07, 6.45) is 0.222. The van der Waals surface area contributed by atoms with Crippen LogP contribution in [0.1, 0.15) is 41.9 Å². The maximum atomic E-state index is 12.2. The number of nitrogens with zero attached hydrogens (tertiary/aromatic N) is 2. The van der Waals surface area contributed by atoms with Gasteiger partial charge in [0.15, 0.2) is 15.6 Å². The monoisotopic (exact) mass is 484 g/mol. The summed E-state index contributed by atoms with van der Waals surface area (Å²) in [5, 5.41) is 5.58. The Bertz CT molecular complexity index is 933. The van der Waals surface area contributed by atoms with Crippen molar-refractivity contribution in [1.29, 1.82) is 0 Å². The summed E-state index contributed by atoms with van der Waals surface area (Å²) in [5.74, 6) is -0.784. The Labute approximate surface area is 179 Å². The van der Waals surface area contributed by atoms with Crippen molar-refractivity contribution < 1.29 is 23.5 Å². The molecule has 29 heavy (non-hydrogen) atoms. The summed E-state index contributed by atoms with van der Waals surface area (Å²) in [6, 6.07) is 3.10. The molecule has 0 bridgehead atoms. The minimum atomic E-state index is -0.555. The Hall–Kier alpha value is -2.40. The number of hydrogen-bond acceptors (Lipinski definition) is 7. The fraction of sp³-hybridized carbons (Fsp3) is 0.444. The van der Waals surface area contributed by atoms with Crippen LogP contribution >= 0.6 is 27.3 Å². The number of aromatic nitrogens is 1. The van der Waals surface area contributed by atoms with Crippen LogP contribution in [-0.4, -0.2) is 46.5 Å². The third kappa shape index (κ3) is 5.80. The first kappa shape index (κ1) is 21.3. The van der Waals surface area contributed by atoms with Crippen LogP contribution < -0.4 is 10.6 Å². The van der Waals surface area contributed by atoms with Gasteiger partial charge in [0.2, 0.25) is 5.91 Å². The van der Waals surface area contributed by atoms with Gasteiger partial charge < -0.3 is 24.7 Å². The standard InChI is InChI=1S/C18H21BrN4O5S/c1-18(2,3)28-17(26)23-7-6-10-12(9-23)29-16(21-10)22-14(24)8-20-15(25)11-4-5-13(19)27-11/h4-5H,6-9H2,1-3H3,(H,20,25)(H,21,22,24). The summed E-state index contributed by atoms with van der Waals surface area (Å²) in [5.41, 5.74) is 0.301. The number of nitrogens with one attached hydrogen (secondary N) is 2. The van der Waals surface area contributed by atoms with Crippen molar-refractivity contribution in [2.45, 2.75) is 39.3 Å². The summed E-state index contributed by atoms with van der Waals surface area (Å²) in [6.45, 7) is 6.15. The lowest BCUT2D eigenvalue weighted by atomic mass is 10.2. The maximum absolute atomic E-state index is 12.2. The summed E-state index contributed by atoms with van der Waals surface area (Å²) >= 11 is 4.42. The number of rotatable bonds is 4. The third-order valence-corrected chi connectivity index (χ3v) is 5.26. The van der Waals surface area contributed by atoms with Gasteiger partial charge in [0, 0.05) is 17.8 Å². The number of halogens is 1. The highest BCUT2D eigenvalue weighted by molar-refractivity contribution is 9.10. The number of thiazole rings is 1. The SMILES string of the molecule is CC(C)(C)OC(=O)N1CCc2nc(NC(=O)CNC(=O)c3ccc(Br)o3)sc2C1. The van der Waals surface area contributed by atoms with E-state index in [0.717, 1.165) is 10.6 Å². The van der Waals surface area contributed by atoms with Crippen LogP contribution in [0.15, 0.2) is 21.2 Å². The lowest BCUT2D eigenvalue weighted by Gasteiger charge is -2.29. The highest BCUT2D eigenvalue weighted by atomic mass is 79.9. The molecule has 0 spiro atoms. The van der Waals surface area contributed by atoms with Crippen molar-refractivity contribution in [3.05, 3.63) is 33.1 Å². The molecule has 3 amide bonds. The molecule has 0 aromatic carbocycles. The number of furan rings is 1. The van der Waals surface area contributed by atoms with E-state index >= 15 is 0 Å². The molecule has 0 saturated heterocycles. The van der Waals surface area contributed by atoms with Crippen molar-refractivity contribution in [1.82, 2.24) is 15.2 Å². The summed E-state index contributed by atoms with van der Waals surface area (Å²) < 4.78 is 11.0. The predicted molar refractivity (Wildman–Crippen MR) is 110 cm³/mol. The van der Waals surface area contributed by atoms with Gasteiger partial charge in [-0.25, -0.2) is 9.78 Å². The third-order valence-electron chi connectivity index (χ3n) is 3.84. The minimum Gasteiger partial charge on any atom is -0.444 e. The van der Waals surface area contributed by atoms with Crippen LogP contribution in [0.2, 0.25) is 0 Å². The highest BCUT2D eigenvalue weighted by Crippen LogP contribution is 2.29. The lowest BCUT2D eigenvalue weighted by molar-refractivity contribution is -0.115. The molecule has 0 atom stereocenters. The Morgan fingerprint density at radius 2 is 2.10 bits per heavy atom. The minimum absolute atomic E-state index is 0.108. The molecule has 2 N–H and O–H groups in total. The Morgan fingerprint density at radius 1 is 1.34 bits per heavy atom. The van der Waals surface area contributed by atoms with E-state index in [1.165, 1.54) is 17.4 Å². The van der Waals surface area contributed by atoms with E-state index in [4.69, 9.17) is 9.15 Å². The molecule has 0 saturated carbocycles. The molecular weight excluding hydrogens is 464 g/mol. The van der Waals surface area contributed by atoms with E-state index < -0.39 is 17.4 Å². The molecule has 2 aromatic heterocycles. The topological polar surface area (TPSA) is 114 Å². The smallest absolute Gasteiger partial charge is 0.410 e. The Morgan fingerprint density at radius 3 is 2.76 bits per heavy atom. The first-order chi connectivity index (χ1) is 13.6. The molecule has 0 fully saturated rings. The van der Waals surface area contributed by atoms with E-state index in [-0.39, 0.29) is 18.4 Å². The Kier molecular flexibility index (Phi) is 6.27. The van der Waals surface area contributed by atoms with Crippen LogP contribution in [0.25, 0.3) is 0 Å². The molecule has 156 valence electrons. The van der Waals surface area contributed by atoms with Gasteiger partial charge in [-0.1, -0.05) is 11.3 Å². The van der Waals surface area contributed by atoms with E-state index in [1.807, 2.05) is 20.8 Å². The molecular formula is C18H21BrN4O5S. The van der Waals surface area contributed by atoms with Crippen LogP contribution in [0.5, 0.6) is 0 Å². The van der Waals surface area contributed by atoms with Gasteiger partial charge in [0.25, 0.3) is 5.91 Å². The molecule has 11 heteroatoms. The molecule has 0 aliphatic carbocycles. The van der Waals surface area contributed by atoms with Gasteiger partial charge in [-0.3, -0.25) is 9.59 Å². The van der Waals surface area contributed by atoms with Crippen LogP contribution in [0.3, 0.4) is 0 Å². The number of anilines is 1. The number of carbonyl (C=O) groups is 3. The van der Waals surface area contributed by atoms with Crippen molar-refractivity contribution >= 4 is 50.3 Å². The number of ether oxygens (including phenoxy) is 1. The quantitative estimate of drug-likeness (QED) is 0.688. The summed E-state index contributed by atoms with van der Waals surface area (Å²) in [7, 11) is 0. The fourth-order valence-corrected chi connectivity index (χ4v) is 3.93. The van der Waals surface area contributed by atoms with Gasteiger partial charge >= 0.3 is 6.09 Å². The zero-order valence-electron chi connectivity index (χ0n) is 16.2. The molecule has 3 rings (SSSR count). The van der Waals surface area contributed by atoms with Crippen molar-refractivity contribution in [3.63, 3.8) is 0 Å². The summed E-state index contributed by atoms with van der Waals surface area (Å²) in [4.78, 5) is 43.2. The zero-order chi connectivity index (χ0) is 21.2. The van der Waals surface area contributed by atoms with E-state index in [2.05, 4.69) is 31.5 Å². The normalized spacial score (nSPS) is 13.6. The van der Waals surface area contributed by atoms with Gasteiger partial charge in [-0.05, 0) is 48.8 Å². The highest BCUT2D eigenvalue weighted by Gasteiger charge is 2.28. The molecule has 0 radical (unpaired) electrons. The van der Waals surface area contributed by atoms with Crippen molar-refractivity contribution in [2.75, 3.05) is 18.4 Å². The van der Waals surface area contributed by atoms with Gasteiger partial charge in [-0.2, -0.15) is 0 Å². The fourth-order valence-electron chi connectivity index (χ4n) is 2.58. The Balaban J connectivity index is 1.52. The number of fused-ring (bicyclic) bond motifs is 1. The second-order valence-electron chi connectivity index (χ2n) is 7.38. The molecule has 1 aliphatic rings. The van der Waals surface area contributed by atoms with Gasteiger partial charge in [0.05, 0.1) is 18.8 Å². The number of amides is 3. The largest absolute Gasteiger partial charge is 0.444 e. The van der Waals surface area contributed by atoms with Gasteiger partial charge in [0.1, 0.15) is 5.60 Å². The average molecular weight is 485 g/mol. The van der Waals surface area contributed by atoms with E-state index in [1.54, 1.807) is 11.0 Å². The number of hydrogen-bond donors (Lipinski definition) is 2. The average Bonchev–Trinajstić information content (AvgIpc) is 3.23. The van der Waals surface area contributed by atoms with Crippen LogP contribution in [0, 0.1) is 0 Å². The zero-order valence-corrected chi connectivity index (χ0v) is 18.6. The predicted octanol–water partition coefficient (Wildman–Crippen LogP) is 3.16. The van der Waals surface area contributed by atoms with Crippen molar-refractivity contribution in [3.8, 4) is 0 Å². The second-order valence-corrected chi connectivity index (χ2v) is 9.24. The maximum Gasteiger partial charge on any atom is 0.410 e. The molecule has 0 unspecified atom stereocenters. The van der Waals surface area contributed by atoms with Crippen molar-refractivity contribution in [2.24, 2.45) is 0 Å². The molecule has 9 nitrogen and oxygen atoms in total. The molecule has 3 heterocycles. The first-order valence-electron chi connectivity index (χ1n) is 8.90. The van der Waals surface area contributed by atoms with E-state index in [0.29, 0.717) is 29.3 Å². The first-order valence-corrected chi connectivity index (χ1v) is 10.5. The molecule has 1 aliphatic heterocycles. The number of carbonyl (C=O) groups excluding carboxylic acids is 3.